The first kappa shape index (κ1) is 19.2. The van der Waals surface area contributed by atoms with Crippen LogP contribution in [0.3, 0.4) is 0 Å². The van der Waals surface area contributed by atoms with E-state index in [-0.39, 0.29) is 34.7 Å². The number of hydrogen-bond acceptors (Lipinski definition) is 4. The molecule has 0 aromatic rings. The number of sulfone groups is 1. The summed E-state index contributed by atoms with van der Waals surface area (Å²) in [5.74, 6) is 1.65. The van der Waals surface area contributed by atoms with E-state index in [2.05, 4.69) is 0 Å². The average molecular weight is 397 g/mol. The molecule has 152 valence electrons. The highest BCUT2D eigenvalue weighted by Crippen LogP contribution is 2.60. The molecule has 2 saturated carbocycles. The number of carbonyl (C=O) groups excluding carboxylic acids is 2. The Balaban J connectivity index is 1.21. The SMILES string of the molecule is O=C(CCC1CCCC1)N1CCN(C(=O)[C@H]2CC23CCS(=O)(=O)CC3)CC1. The molecule has 0 N–H and O–H groups in total. The summed E-state index contributed by atoms with van der Waals surface area (Å²) in [6, 6.07) is 0. The van der Waals surface area contributed by atoms with Gasteiger partial charge < -0.3 is 9.80 Å². The van der Waals surface area contributed by atoms with Crippen LogP contribution in [-0.4, -0.2) is 67.7 Å². The molecule has 0 unspecified atom stereocenters. The van der Waals surface area contributed by atoms with Crippen molar-refractivity contribution in [1.29, 1.82) is 0 Å². The van der Waals surface area contributed by atoms with E-state index in [1.54, 1.807) is 0 Å². The molecule has 2 amide bonds. The maximum Gasteiger partial charge on any atom is 0.226 e. The van der Waals surface area contributed by atoms with Gasteiger partial charge in [0.25, 0.3) is 0 Å². The zero-order valence-corrected chi connectivity index (χ0v) is 17.0. The minimum Gasteiger partial charge on any atom is -0.339 e. The highest BCUT2D eigenvalue weighted by molar-refractivity contribution is 7.91. The highest BCUT2D eigenvalue weighted by atomic mass is 32.2. The molecule has 7 heteroatoms. The second kappa shape index (κ2) is 7.37. The van der Waals surface area contributed by atoms with Crippen LogP contribution >= 0.6 is 0 Å². The molecule has 2 saturated heterocycles. The van der Waals surface area contributed by atoms with Gasteiger partial charge in [-0.05, 0) is 37.0 Å². The Kier molecular flexibility index (Phi) is 5.25. The highest BCUT2D eigenvalue weighted by Gasteiger charge is 2.60. The lowest BCUT2D eigenvalue weighted by atomic mass is 9.95. The zero-order valence-electron chi connectivity index (χ0n) is 16.2. The summed E-state index contributed by atoms with van der Waals surface area (Å²) in [6.45, 7) is 2.53. The molecule has 27 heavy (non-hydrogen) atoms. The molecule has 2 aliphatic heterocycles. The lowest BCUT2D eigenvalue weighted by Gasteiger charge is -2.35. The van der Waals surface area contributed by atoms with Crippen LogP contribution in [0, 0.1) is 17.3 Å². The van der Waals surface area contributed by atoms with Crippen molar-refractivity contribution in [3.8, 4) is 0 Å². The minimum atomic E-state index is -2.89. The van der Waals surface area contributed by atoms with E-state index in [0.29, 0.717) is 45.4 Å². The summed E-state index contributed by atoms with van der Waals surface area (Å²) in [5.41, 5.74) is -0.0450. The van der Waals surface area contributed by atoms with Gasteiger partial charge in [0.2, 0.25) is 11.8 Å². The van der Waals surface area contributed by atoms with Gasteiger partial charge in [-0.3, -0.25) is 9.59 Å². The molecule has 0 aromatic heterocycles. The van der Waals surface area contributed by atoms with Crippen molar-refractivity contribution in [2.45, 2.75) is 57.8 Å². The van der Waals surface area contributed by atoms with Crippen LogP contribution in [0.25, 0.3) is 0 Å². The van der Waals surface area contributed by atoms with Crippen LogP contribution in [0.15, 0.2) is 0 Å². The van der Waals surface area contributed by atoms with E-state index >= 15 is 0 Å². The number of nitrogens with zero attached hydrogens (tertiary/aromatic N) is 2. The van der Waals surface area contributed by atoms with Gasteiger partial charge in [0, 0.05) is 38.5 Å². The third-order valence-corrected chi connectivity index (χ3v) is 9.15. The minimum absolute atomic E-state index is 0.0117. The van der Waals surface area contributed by atoms with Gasteiger partial charge in [-0.25, -0.2) is 8.42 Å². The molecule has 0 aromatic carbocycles. The van der Waals surface area contributed by atoms with Crippen molar-refractivity contribution in [2.24, 2.45) is 17.3 Å². The van der Waals surface area contributed by atoms with Crippen LogP contribution in [0.2, 0.25) is 0 Å². The molecule has 4 fully saturated rings. The summed E-state index contributed by atoms with van der Waals surface area (Å²) >= 11 is 0. The van der Waals surface area contributed by atoms with E-state index in [1.165, 1.54) is 25.7 Å². The smallest absolute Gasteiger partial charge is 0.226 e. The largest absolute Gasteiger partial charge is 0.339 e. The molecule has 6 nitrogen and oxygen atoms in total. The Morgan fingerprint density at radius 3 is 2.15 bits per heavy atom. The molecule has 2 heterocycles. The summed E-state index contributed by atoms with van der Waals surface area (Å²) in [7, 11) is -2.89. The van der Waals surface area contributed by atoms with Gasteiger partial charge in [0.05, 0.1) is 11.5 Å². The third kappa shape index (κ3) is 4.17. The predicted molar refractivity (Wildman–Crippen MR) is 103 cm³/mol. The quantitative estimate of drug-likeness (QED) is 0.727. The lowest BCUT2D eigenvalue weighted by molar-refractivity contribution is -0.141. The maximum atomic E-state index is 12.8. The van der Waals surface area contributed by atoms with Crippen LogP contribution < -0.4 is 0 Å². The molecule has 0 bridgehead atoms. The molecule has 1 spiro atoms. The summed E-state index contributed by atoms with van der Waals surface area (Å²) in [6.07, 6.45) is 8.99. The van der Waals surface area contributed by atoms with Crippen LogP contribution in [0.1, 0.15) is 57.8 Å². The van der Waals surface area contributed by atoms with Gasteiger partial charge in [0.15, 0.2) is 0 Å². The Bertz CT molecular complexity index is 677. The molecular weight excluding hydrogens is 364 g/mol. The normalized spacial score (nSPS) is 29.9. The standard InChI is InChI=1S/C20H32N2O4S/c23-18(6-5-16-3-1-2-4-16)21-9-11-22(12-10-21)19(24)17-15-20(17)7-13-27(25,26)14-8-20/h16-17H,1-15H2/t17-/m1/s1. The molecule has 0 radical (unpaired) electrons. The Labute approximate surface area is 162 Å². The van der Waals surface area contributed by atoms with Gasteiger partial charge in [-0.15, -0.1) is 0 Å². The summed E-state index contributed by atoms with van der Waals surface area (Å²) < 4.78 is 23.3. The number of hydrogen-bond donors (Lipinski definition) is 0. The van der Waals surface area contributed by atoms with Crippen molar-refractivity contribution in [1.82, 2.24) is 9.80 Å². The lowest BCUT2D eigenvalue weighted by Crippen LogP contribution is -2.51. The van der Waals surface area contributed by atoms with Crippen molar-refractivity contribution in [3.05, 3.63) is 0 Å². The molecule has 4 aliphatic rings. The van der Waals surface area contributed by atoms with Crippen molar-refractivity contribution < 1.29 is 18.0 Å². The first-order valence-corrected chi connectivity index (χ1v) is 12.5. The maximum absolute atomic E-state index is 12.8. The van der Waals surface area contributed by atoms with Gasteiger partial charge >= 0.3 is 0 Å². The average Bonchev–Trinajstić information content (AvgIpc) is 3.11. The van der Waals surface area contributed by atoms with Gasteiger partial charge in [0.1, 0.15) is 9.84 Å². The Morgan fingerprint density at radius 1 is 0.926 bits per heavy atom. The van der Waals surface area contributed by atoms with Crippen LogP contribution in [0.4, 0.5) is 0 Å². The number of piperazine rings is 1. The number of amides is 2. The first-order chi connectivity index (χ1) is 12.9. The fourth-order valence-electron chi connectivity index (χ4n) is 5.38. The topological polar surface area (TPSA) is 74.8 Å². The van der Waals surface area contributed by atoms with E-state index in [9.17, 15) is 18.0 Å². The summed E-state index contributed by atoms with van der Waals surface area (Å²) in [5, 5.41) is 0. The van der Waals surface area contributed by atoms with Gasteiger partial charge in [-0.2, -0.15) is 0 Å². The van der Waals surface area contributed by atoms with Crippen LogP contribution in [0.5, 0.6) is 0 Å². The third-order valence-electron chi connectivity index (χ3n) is 7.49. The number of carbonyl (C=O) groups is 2. The van der Waals surface area contributed by atoms with E-state index < -0.39 is 9.84 Å². The molecular formula is C20H32N2O4S. The molecule has 4 rings (SSSR count). The molecule has 2 aliphatic carbocycles. The number of rotatable bonds is 4. The van der Waals surface area contributed by atoms with Crippen LogP contribution in [-0.2, 0) is 19.4 Å². The van der Waals surface area contributed by atoms with Crippen molar-refractivity contribution in [2.75, 3.05) is 37.7 Å². The van der Waals surface area contributed by atoms with E-state index in [0.717, 1.165) is 18.8 Å². The monoisotopic (exact) mass is 396 g/mol. The first-order valence-electron chi connectivity index (χ1n) is 10.7. The van der Waals surface area contributed by atoms with Crippen molar-refractivity contribution in [3.63, 3.8) is 0 Å². The fourth-order valence-corrected chi connectivity index (χ4v) is 7.01. The predicted octanol–water partition coefficient (Wildman–Crippen LogP) is 1.84. The van der Waals surface area contributed by atoms with Gasteiger partial charge in [-0.1, -0.05) is 25.7 Å². The molecule has 1 atom stereocenters. The Hall–Kier alpha value is -1.11. The zero-order chi connectivity index (χ0) is 19.1. The van der Waals surface area contributed by atoms with Crippen molar-refractivity contribution >= 4 is 21.7 Å². The summed E-state index contributed by atoms with van der Waals surface area (Å²) in [4.78, 5) is 29.1. The van der Waals surface area contributed by atoms with E-state index in [4.69, 9.17) is 0 Å². The second-order valence-electron chi connectivity index (χ2n) is 9.17. The van der Waals surface area contributed by atoms with E-state index in [1.807, 2.05) is 9.80 Å². The second-order valence-corrected chi connectivity index (χ2v) is 11.5. The fraction of sp³-hybridized carbons (Fsp3) is 0.900. The Morgan fingerprint density at radius 2 is 1.52 bits per heavy atom.